The second kappa shape index (κ2) is 3.45. The number of carbonyl (C=O) groups is 1. The van der Waals surface area contributed by atoms with Gasteiger partial charge in [0.2, 0.25) is 0 Å². The fourth-order valence-corrected chi connectivity index (χ4v) is 1.76. The lowest BCUT2D eigenvalue weighted by molar-refractivity contribution is -0.148. The van der Waals surface area contributed by atoms with Crippen molar-refractivity contribution in [3.05, 3.63) is 0 Å². The Kier molecular flexibility index (Phi) is 2.78. The van der Waals surface area contributed by atoms with Crippen molar-refractivity contribution in [2.75, 3.05) is 18.6 Å². The first-order valence-corrected chi connectivity index (χ1v) is 5.08. The molecule has 1 saturated heterocycles. The number of nitrogens with one attached hydrogen (secondary N) is 1. The van der Waals surface area contributed by atoms with Crippen LogP contribution in [0.5, 0.6) is 0 Å². The number of carboxylic acids is 1. The molecule has 1 aliphatic heterocycles. The molecule has 0 aliphatic carbocycles. The number of rotatable bonds is 4. The van der Waals surface area contributed by atoms with E-state index in [0.29, 0.717) is 0 Å². The Labute approximate surface area is 70.6 Å². The zero-order valence-corrected chi connectivity index (χ0v) is 7.41. The molecule has 1 fully saturated rings. The molecule has 0 spiro atoms. The molecule has 4 heteroatoms. The summed E-state index contributed by atoms with van der Waals surface area (Å²) in [5, 5.41) is 11.8. The predicted molar refractivity (Wildman–Crippen MR) is 46.0 cm³/mol. The van der Waals surface area contributed by atoms with Crippen LogP contribution >= 0.6 is 11.8 Å². The topological polar surface area (TPSA) is 49.3 Å². The summed E-state index contributed by atoms with van der Waals surface area (Å²) >= 11 is 1.69. The minimum atomic E-state index is -0.696. The van der Waals surface area contributed by atoms with E-state index in [0.717, 1.165) is 25.1 Å². The summed E-state index contributed by atoms with van der Waals surface area (Å²) in [7, 11) is 0. The van der Waals surface area contributed by atoms with Crippen LogP contribution in [0.4, 0.5) is 0 Å². The van der Waals surface area contributed by atoms with Crippen molar-refractivity contribution in [2.45, 2.75) is 18.4 Å². The van der Waals surface area contributed by atoms with E-state index in [9.17, 15) is 4.79 Å². The van der Waals surface area contributed by atoms with E-state index in [1.54, 1.807) is 11.8 Å². The number of hydrogen-bond acceptors (Lipinski definition) is 3. The summed E-state index contributed by atoms with van der Waals surface area (Å²) in [6.45, 7) is 0.848. The fourth-order valence-electron chi connectivity index (χ4n) is 1.21. The SMILES string of the molecule is CSCCC1(C(=O)O)CCN1. The van der Waals surface area contributed by atoms with E-state index in [2.05, 4.69) is 5.32 Å². The summed E-state index contributed by atoms with van der Waals surface area (Å²) in [6, 6.07) is 0. The standard InChI is InChI=1S/C7H13NO2S/c1-11-5-3-7(6(9)10)2-4-8-7/h8H,2-5H2,1H3,(H,9,10). The van der Waals surface area contributed by atoms with Gasteiger partial charge in [0.15, 0.2) is 0 Å². The Morgan fingerprint density at radius 2 is 2.45 bits per heavy atom. The smallest absolute Gasteiger partial charge is 0.323 e. The van der Waals surface area contributed by atoms with Crippen LogP contribution in [-0.4, -0.2) is 35.2 Å². The van der Waals surface area contributed by atoms with Crippen molar-refractivity contribution < 1.29 is 9.90 Å². The maximum Gasteiger partial charge on any atom is 0.323 e. The quantitative estimate of drug-likeness (QED) is 0.655. The van der Waals surface area contributed by atoms with Crippen molar-refractivity contribution in [3.8, 4) is 0 Å². The molecule has 0 bridgehead atoms. The van der Waals surface area contributed by atoms with Gasteiger partial charge in [-0.25, -0.2) is 0 Å². The average molecular weight is 175 g/mol. The highest BCUT2D eigenvalue weighted by atomic mass is 32.2. The molecule has 0 amide bonds. The molecule has 0 radical (unpaired) electrons. The molecule has 0 saturated carbocycles. The molecular formula is C7H13NO2S. The Bertz CT molecular complexity index is 157. The van der Waals surface area contributed by atoms with E-state index in [1.165, 1.54) is 0 Å². The maximum absolute atomic E-state index is 10.7. The third kappa shape index (κ3) is 1.68. The minimum Gasteiger partial charge on any atom is -0.480 e. The van der Waals surface area contributed by atoms with Crippen LogP contribution in [0.25, 0.3) is 0 Å². The molecule has 1 unspecified atom stereocenters. The second-order valence-electron chi connectivity index (χ2n) is 2.81. The van der Waals surface area contributed by atoms with Crippen molar-refractivity contribution >= 4 is 17.7 Å². The van der Waals surface area contributed by atoms with Crippen LogP contribution in [0.15, 0.2) is 0 Å². The Morgan fingerprint density at radius 1 is 1.82 bits per heavy atom. The summed E-state index contributed by atoms with van der Waals surface area (Å²) in [4.78, 5) is 10.7. The summed E-state index contributed by atoms with van der Waals surface area (Å²) < 4.78 is 0. The van der Waals surface area contributed by atoms with Gasteiger partial charge in [-0.2, -0.15) is 11.8 Å². The van der Waals surface area contributed by atoms with E-state index >= 15 is 0 Å². The molecule has 2 N–H and O–H groups in total. The first-order valence-electron chi connectivity index (χ1n) is 3.69. The molecule has 64 valence electrons. The molecule has 3 nitrogen and oxygen atoms in total. The van der Waals surface area contributed by atoms with Gasteiger partial charge >= 0.3 is 5.97 Å². The first-order chi connectivity index (χ1) is 5.21. The van der Waals surface area contributed by atoms with Crippen LogP contribution in [-0.2, 0) is 4.79 Å². The molecule has 0 aromatic carbocycles. The lowest BCUT2D eigenvalue weighted by Crippen LogP contribution is -2.62. The number of carboxylic acid groups (broad SMARTS) is 1. The van der Waals surface area contributed by atoms with Crippen molar-refractivity contribution in [2.24, 2.45) is 0 Å². The highest BCUT2D eigenvalue weighted by Gasteiger charge is 2.43. The monoisotopic (exact) mass is 175 g/mol. The van der Waals surface area contributed by atoms with E-state index in [-0.39, 0.29) is 0 Å². The van der Waals surface area contributed by atoms with Gasteiger partial charge in [-0.05, 0) is 31.4 Å². The van der Waals surface area contributed by atoms with Gasteiger partial charge < -0.3 is 10.4 Å². The van der Waals surface area contributed by atoms with Crippen LogP contribution in [0, 0.1) is 0 Å². The first kappa shape index (κ1) is 8.87. The van der Waals surface area contributed by atoms with Gasteiger partial charge in [0, 0.05) is 0 Å². The largest absolute Gasteiger partial charge is 0.480 e. The summed E-state index contributed by atoms with van der Waals surface area (Å²) in [6.07, 6.45) is 3.51. The predicted octanol–water partition coefficient (Wildman–Crippen LogP) is 0.556. The van der Waals surface area contributed by atoms with Crippen LogP contribution < -0.4 is 5.32 Å². The Hall–Kier alpha value is -0.220. The average Bonchev–Trinajstić information content (AvgIpc) is 1.85. The molecule has 0 aromatic heterocycles. The Balaban J connectivity index is 2.40. The van der Waals surface area contributed by atoms with Crippen molar-refractivity contribution in [3.63, 3.8) is 0 Å². The van der Waals surface area contributed by atoms with Crippen LogP contribution in [0.1, 0.15) is 12.8 Å². The maximum atomic E-state index is 10.7. The van der Waals surface area contributed by atoms with E-state index in [1.807, 2.05) is 6.26 Å². The molecule has 1 aliphatic rings. The zero-order chi connectivity index (χ0) is 8.32. The summed E-state index contributed by atoms with van der Waals surface area (Å²) in [5.74, 6) is 0.219. The third-order valence-corrected chi connectivity index (χ3v) is 2.77. The Morgan fingerprint density at radius 3 is 2.73 bits per heavy atom. The zero-order valence-electron chi connectivity index (χ0n) is 6.59. The van der Waals surface area contributed by atoms with Gasteiger partial charge in [0.05, 0.1) is 0 Å². The van der Waals surface area contributed by atoms with E-state index < -0.39 is 11.5 Å². The van der Waals surface area contributed by atoms with Gasteiger partial charge in [-0.15, -0.1) is 0 Å². The number of aliphatic carboxylic acids is 1. The second-order valence-corrected chi connectivity index (χ2v) is 3.79. The molecule has 1 atom stereocenters. The van der Waals surface area contributed by atoms with Crippen molar-refractivity contribution in [1.29, 1.82) is 0 Å². The fraction of sp³-hybridized carbons (Fsp3) is 0.857. The van der Waals surface area contributed by atoms with Crippen LogP contribution in [0.3, 0.4) is 0 Å². The molecule has 11 heavy (non-hydrogen) atoms. The highest BCUT2D eigenvalue weighted by molar-refractivity contribution is 7.98. The molecule has 1 heterocycles. The summed E-state index contributed by atoms with van der Waals surface area (Å²) in [5.41, 5.74) is -0.580. The molecule has 1 rings (SSSR count). The molecule has 0 aromatic rings. The lowest BCUT2D eigenvalue weighted by Gasteiger charge is -2.39. The van der Waals surface area contributed by atoms with Gasteiger partial charge in [0.1, 0.15) is 5.54 Å². The normalized spacial score (nSPS) is 29.5. The highest BCUT2D eigenvalue weighted by Crippen LogP contribution is 2.24. The number of hydrogen-bond donors (Lipinski definition) is 2. The van der Waals surface area contributed by atoms with Gasteiger partial charge in [-0.3, -0.25) is 4.79 Å². The molecular weight excluding hydrogens is 162 g/mol. The lowest BCUT2D eigenvalue weighted by atomic mass is 9.85. The van der Waals surface area contributed by atoms with Gasteiger partial charge in [-0.1, -0.05) is 0 Å². The van der Waals surface area contributed by atoms with Crippen LogP contribution in [0.2, 0.25) is 0 Å². The number of thioether (sulfide) groups is 1. The van der Waals surface area contributed by atoms with Gasteiger partial charge in [0.25, 0.3) is 0 Å². The van der Waals surface area contributed by atoms with E-state index in [4.69, 9.17) is 5.11 Å². The minimum absolute atomic E-state index is 0.580. The van der Waals surface area contributed by atoms with Crippen molar-refractivity contribution in [1.82, 2.24) is 5.32 Å². The third-order valence-electron chi connectivity index (χ3n) is 2.16.